The summed E-state index contributed by atoms with van der Waals surface area (Å²) in [5, 5.41) is 0. The Morgan fingerprint density at radius 1 is 1.17 bits per heavy atom. The number of methoxy groups -OCH3 is 1. The highest BCUT2D eigenvalue weighted by atomic mass is 35.5. The monoisotopic (exact) mass is 414 g/mol. The summed E-state index contributed by atoms with van der Waals surface area (Å²) in [6.07, 6.45) is 3.23. The lowest BCUT2D eigenvalue weighted by atomic mass is 10.1. The second-order valence-corrected chi connectivity index (χ2v) is 6.62. The van der Waals surface area contributed by atoms with Crippen molar-refractivity contribution in [2.75, 3.05) is 31.7 Å². The predicted octanol–water partition coefficient (Wildman–Crippen LogP) is 2.85. The van der Waals surface area contributed by atoms with Crippen LogP contribution < -0.4 is 15.2 Å². The summed E-state index contributed by atoms with van der Waals surface area (Å²) < 4.78 is 13.1. The van der Waals surface area contributed by atoms with Gasteiger partial charge in [0.1, 0.15) is 11.9 Å². The van der Waals surface area contributed by atoms with Crippen LogP contribution >= 0.6 is 12.4 Å². The largest absolute Gasteiger partial charge is 0.496 e. The maximum atomic E-state index is 12.6. The number of hydrogen-bond acceptors (Lipinski definition) is 6. The van der Waals surface area contributed by atoms with Crippen LogP contribution in [0.3, 0.4) is 0 Å². The number of aromatic nitrogens is 3. The number of para-hydroxylation sites is 1. The zero-order valence-corrected chi connectivity index (χ0v) is 17.1. The molecule has 0 bridgehead atoms. The molecule has 1 aromatic carbocycles. The quantitative estimate of drug-likeness (QED) is 0.653. The lowest BCUT2D eigenvalue weighted by Crippen LogP contribution is -2.41. The van der Waals surface area contributed by atoms with Crippen molar-refractivity contribution in [2.45, 2.75) is 6.10 Å². The van der Waals surface area contributed by atoms with Gasteiger partial charge < -0.3 is 14.4 Å². The third kappa shape index (κ3) is 4.26. The van der Waals surface area contributed by atoms with Gasteiger partial charge in [0.2, 0.25) is 5.95 Å². The van der Waals surface area contributed by atoms with Gasteiger partial charge >= 0.3 is 0 Å². The van der Waals surface area contributed by atoms with Crippen LogP contribution in [0, 0.1) is 0 Å². The molecule has 0 N–H and O–H groups in total. The summed E-state index contributed by atoms with van der Waals surface area (Å²) in [7, 11) is 3.40. The minimum atomic E-state index is -0.161. The molecule has 3 aromatic rings. The topological polar surface area (TPSA) is 69.5 Å². The van der Waals surface area contributed by atoms with E-state index in [1.54, 1.807) is 37.2 Å². The first-order chi connectivity index (χ1) is 13.7. The molecule has 0 spiro atoms. The molecule has 2 aromatic heterocycles. The van der Waals surface area contributed by atoms with Crippen molar-refractivity contribution in [3.8, 4) is 17.0 Å². The SMILES string of the molecule is COc1ccccc1[C@@H]1CN(c2nc(-c3ccncc3)cc(=O)n2C)CCO1.Cl. The molecule has 0 saturated carbocycles. The summed E-state index contributed by atoms with van der Waals surface area (Å²) in [5.74, 6) is 1.42. The first kappa shape index (κ1) is 20.8. The highest BCUT2D eigenvalue weighted by molar-refractivity contribution is 5.85. The molecular formula is C21H23ClN4O3. The number of ether oxygens (including phenoxy) is 2. The van der Waals surface area contributed by atoms with Crippen molar-refractivity contribution in [2.24, 2.45) is 7.05 Å². The lowest BCUT2D eigenvalue weighted by molar-refractivity contribution is 0.0374. The Kier molecular flexibility index (Phi) is 6.51. The molecule has 0 unspecified atom stereocenters. The molecule has 0 amide bonds. The molecule has 1 aliphatic rings. The maximum absolute atomic E-state index is 12.6. The van der Waals surface area contributed by atoms with E-state index in [1.165, 1.54) is 0 Å². The molecule has 29 heavy (non-hydrogen) atoms. The molecule has 1 aliphatic heterocycles. The van der Waals surface area contributed by atoms with E-state index in [2.05, 4.69) is 9.88 Å². The van der Waals surface area contributed by atoms with Gasteiger partial charge in [-0.1, -0.05) is 18.2 Å². The minimum Gasteiger partial charge on any atom is -0.496 e. The molecule has 0 aliphatic carbocycles. The average Bonchev–Trinajstić information content (AvgIpc) is 2.76. The number of morpholine rings is 1. The lowest BCUT2D eigenvalue weighted by Gasteiger charge is -2.35. The number of nitrogens with zero attached hydrogens (tertiary/aromatic N) is 4. The zero-order chi connectivity index (χ0) is 19.5. The van der Waals surface area contributed by atoms with Gasteiger partial charge in [-0.15, -0.1) is 12.4 Å². The Balaban J connectivity index is 0.00000240. The number of hydrogen-bond donors (Lipinski definition) is 0. The van der Waals surface area contributed by atoms with Crippen molar-refractivity contribution < 1.29 is 9.47 Å². The smallest absolute Gasteiger partial charge is 0.255 e. The van der Waals surface area contributed by atoms with E-state index in [-0.39, 0.29) is 24.1 Å². The summed E-state index contributed by atoms with van der Waals surface area (Å²) in [5.41, 5.74) is 2.39. The second-order valence-electron chi connectivity index (χ2n) is 6.62. The van der Waals surface area contributed by atoms with Gasteiger partial charge in [0, 0.05) is 43.2 Å². The molecule has 152 valence electrons. The standard InChI is InChI=1S/C21H22N4O3.ClH/c1-24-20(26)13-17(15-7-9-22-10-8-15)23-21(24)25-11-12-28-19(14-25)16-5-3-4-6-18(16)27-2;/h3-10,13,19H,11-12,14H2,1-2H3;1H/t19-;/m0./s1. The fourth-order valence-electron chi connectivity index (χ4n) is 3.43. The van der Waals surface area contributed by atoms with Crippen molar-refractivity contribution in [1.29, 1.82) is 0 Å². The molecule has 8 heteroatoms. The summed E-state index contributed by atoms with van der Waals surface area (Å²) in [6, 6.07) is 13.1. The normalized spacial score (nSPS) is 16.2. The average molecular weight is 415 g/mol. The maximum Gasteiger partial charge on any atom is 0.255 e. The van der Waals surface area contributed by atoms with E-state index in [0.717, 1.165) is 16.9 Å². The van der Waals surface area contributed by atoms with E-state index >= 15 is 0 Å². The van der Waals surface area contributed by atoms with Gasteiger partial charge in [-0.2, -0.15) is 0 Å². The van der Waals surface area contributed by atoms with Gasteiger partial charge in [0.15, 0.2) is 0 Å². The number of rotatable bonds is 4. The molecule has 4 rings (SSSR count). The van der Waals surface area contributed by atoms with Gasteiger partial charge in [-0.3, -0.25) is 14.3 Å². The van der Waals surface area contributed by atoms with Crippen LogP contribution in [0.25, 0.3) is 11.3 Å². The van der Waals surface area contributed by atoms with Crippen LogP contribution in [-0.2, 0) is 11.8 Å². The molecule has 0 radical (unpaired) electrons. The highest BCUT2D eigenvalue weighted by Gasteiger charge is 2.27. The van der Waals surface area contributed by atoms with Crippen molar-refractivity contribution in [3.05, 3.63) is 70.8 Å². The number of pyridine rings is 1. The fourth-order valence-corrected chi connectivity index (χ4v) is 3.43. The Hall–Kier alpha value is -2.90. The third-order valence-corrected chi connectivity index (χ3v) is 4.92. The van der Waals surface area contributed by atoms with E-state index < -0.39 is 0 Å². The number of anilines is 1. The van der Waals surface area contributed by atoms with Crippen LogP contribution in [0.2, 0.25) is 0 Å². The van der Waals surface area contributed by atoms with Crippen LogP contribution in [0.5, 0.6) is 5.75 Å². The first-order valence-electron chi connectivity index (χ1n) is 9.15. The van der Waals surface area contributed by atoms with Crippen LogP contribution in [-0.4, -0.2) is 41.3 Å². The van der Waals surface area contributed by atoms with E-state index in [9.17, 15) is 4.79 Å². The number of halogens is 1. The predicted molar refractivity (Wildman–Crippen MR) is 114 cm³/mol. The van der Waals surface area contributed by atoms with Gasteiger partial charge in [0.25, 0.3) is 5.56 Å². The third-order valence-electron chi connectivity index (χ3n) is 4.92. The van der Waals surface area contributed by atoms with Crippen molar-refractivity contribution >= 4 is 18.4 Å². The van der Waals surface area contributed by atoms with Crippen molar-refractivity contribution in [3.63, 3.8) is 0 Å². The van der Waals surface area contributed by atoms with Crippen molar-refractivity contribution in [1.82, 2.24) is 14.5 Å². The molecule has 1 fully saturated rings. The summed E-state index contributed by atoms with van der Waals surface area (Å²) in [6.45, 7) is 1.78. The van der Waals surface area contributed by atoms with Crippen LogP contribution in [0.1, 0.15) is 11.7 Å². The molecule has 1 atom stereocenters. The first-order valence-corrected chi connectivity index (χ1v) is 9.15. The zero-order valence-electron chi connectivity index (χ0n) is 16.3. The number of benzene rings is 1. The Labute approximate surface area is 175 Å². The van der Waals surface area contributed by atoms with E-state index in [1.807, 2.05) is 36.4 Å². The van der Waals surface area contributed by atoms with E-state index in [4.69, 9.17) is 14.5 Å². The molecule has 1 saturated heterocycles. The molecule has 3 heterocycles. The minimum absolute atomic E-state index is 0. The fraction of sp³-hybridized carbons (Fsp3) is 0.286. The summed E-state index contributed by atoms with van der Waals surface area (Å²) in [4.78, 5) is 23.5. The molecular weight excluding hydrogens is 392 g/mol. The van der Waals surface area contributed by atoms with Gasteiger partial charge in [-0.25, -0.2) is 4.98 Å². The highest BCUT2D eigenvalue weighted by Crippen LogP contribution is 2.31. The van der Waals surface area contributed by atoms with Gasteiger partial charge in [0.05, 0.1) is 26.0 Å². The van der Waals surface area contributed by atoms with Crippen LogP contribution in [0.4, 0.5) is 5.95 Å². The van der Waals surface area contributed by atoms with Gasteiger partial charge in [-0.05, 0) is 18.2 Å². The Morgan fingerprint density at radius 2 is 1.93 bits per heavy atom. The van der Waals surface area contributed by atoms with E-state index in [0.29, 0.717) is 31.3 Å². The van der Waals surface area contributed by atoms with Crippen LogP contribution in [0.15, 0.2) is 59.7 Å². The Bertz CT molecular complexity index is 1030. The summed E-state index contributed by atoms with van der Waals surface area (Å²) >= 11 is 0. The second kappa shape index (κ2) is 9.07. The Morgan fingerprint density at radius 3 is 2.69 bits per heavy atom. The molecule has 7 nitrogen and oxygen atoms in total.